The lowest BCUT2D eigenvalue weighted by molar-refractivity contribution is -0.384. The van der Waals surface area contributed by atoms with Crippen molar-refractivity contribution < 1.29 is 22.1 Å². The fourth-order valence-electron chi connectivity index (χ4n) is 2.19. The Hall–Kier alpha value is -2.55. The van der Waals surface area contributed by atoms with Crippen LogP contribution in [0, 0.1) is 21.7 Å². The van der Waals surface area contributed by atoms with Crippen LogP contribution in [0.1, 0.15) is 5.56 Å². The lowest BCUT2D eigenvalue weighted by Crippen LogP contribution is -2.19. The number of sulfone groups is 1. The van der Waals surface area contributed by atoms with E-state index in [9.17, 15) is 27.3 Å². The molecule has 0 saturated carbocycles. The summed E-state index contributed by atoms with van der Waals surface area (Å²) in [6.07, 6.45) is 0.948. The zero-order chi connectivity index (χ0) is 18.1. The predicted molar refractivity (Wildman–Crippen MR) is 84.7 cm³/mol. The molecule has 9 heteroatoms. The number of nitrogens with zero attached hydrogens (tertiary/aromatic N) is 2. The molecule has 128 valence electrons. The summed E-state index contributed by atoms with van der Waals surface area (Å²) in [5.74, 6) is -1.49. The molecule has 0 unspecified atom stereocenters. The van der Waals surface area contributed by atoms with Crippen LogP contribution < -0.4 is 4.90 Å². The Morgan fingerprint density at radius 1 is 1.17 bits per heavy atom. The van der Waals surface area contributed by atoms with E-state index < -0.39 is 32.1 Å². The summed E-state index contributed by atoms with van der Waals surface area (Å²) in [6, 6.07) is 6.56. The van der Waals surface area contributed by atoms with Crippen molar-refractivity contribution in [1.82, 2.24) is 0 Å². The first kappa shape index (κ1) is 17.8. The van der Waals surface area contributed by atoms with Gasteiger partial charge in [-0.3, -0.25) is 10.1 Å². The first-order valence-corrected chi connectivity index (χ1v) is 8.62. The van der Waals surface area contributed by atoms with Crippen molar-refractivity contribution in [3.05, 3.63) is 63.7 Å². The topological polar surface area (TPSA) is 80.5 Å². The molecule has 0 aliphatic heterocycles. The molecule has 0 amide bonds. The van der Waals surface area contributed by atoms with Gasteiger partial charge in [-0.25, -0.2) is 17.2 Å². The van der Waals surface area contributed by atoms with Crippen LogP contribution in [-0.4, -0.2) is 26.6 Å². The van der Waals surface area contributed by atoms with Gasteiger partial charge in [0.2, 0.25) is 0 Å². The highest BCUT2D eigenvalue weighted by atomic mass is 32.2. The summed E-state index contributed by atoms with van der Waals surface area (Å²) < 4.78 is 49.7. The number of nitro groups is 1. The van der Waals surface area contributed by atoms with E-state index in [1.807, 2.05) is 0 Å². The normalized spacial score (nSPS) is 11.3. The highest BCUT2D eigenvalue weighted by molar-refractivity contribution is 7.90. The Balaban J connectivity index is 2.41. The van der Waals surface area contributed by atoms with Crippen molar-refractivity contribution in [2.75, 3.05) is 18.2 Å². The first-order chi connectivity index (χ1) is 11.1. The Labute approximate surface area is 137 Å². The Morgan fingerprint density at radius 3 is 2.38 bits per heavy atom. The van der Waals surface area contributed by atoms with Gasteiger partial charge in [-0.15, -0.1) is 0 Å². The molecule has 2 rings (SSSR count). The molecule has 24 heavy (non-hydrogen) atoms. The van der Waals surface area contributed by atoms with Gasteiger partial charge in [0.25, 0.3) is 5.69 Å². The molecule has 0 N–H and O–H groups in total. The summed E-state index contributed by atoms with van der Waals surface area (Å²) >= 11 is 0. The van der Waals surface area contributed by atoms with Gasteiger partial charge in [-0.05, 0) is 18.2 Å². The molecule has 0 heterocycles. The van der Waals surface area contributed by atoms with Crippen molar-refractivity contribution in [3.8, 4) is 0 Å². The average Bonchev–Trinajstić information content (AvgIpc) is 2.48. The molecule has 0 saturated heterocycles. The molecule has 0 aliphatic rings. The molecule has 6 nitrogen and oxygen atoms in total. The predicted octanol–water partition coefficient (Wildman–Crippen LogP) is 2.91. The molecule has 2 aromatic carbocycles. The number of nitro benzene ring substituents is 1. The fraction of sp³-hybridized carbons (Fsp3) is 0.200. The number of hydrogen-bond acceptors (Lipinski definition) is 5. The SMILES string of the molecule is CN(Cc1ccc(F)cc1F)c1ccc(S(C)(=O)=O)cc1[N+](=O)[O-]. The van der Waals surface area contributed by atoms with Crippen LogP contribution in [0.5, 0.6) is 0 Å². The highest BCUT2D eigenvalue weighted by Crippen LogP contribution is 2.31. The second-order valence-corrected chi connectivity index (χ2v) is 7.29. The van der Waals surface area contributed by atoms with E-state index in [0.29, 0.717) is 0 Å². The van der Waals surface area contributed by atoms with E-state index in [4.69, 9.17) is 0 Å². The molecule has 0 aromatic heterocycles. The number of halogens is 2. The van der Waals surface area contributed by atoms with Gasteiger partial charge in [0, 0.05) is 37.5 Å². The molecule has 2 aromatic rings. The molecule has 0 atom stereocenters. The molecule has 0 radical (unpaired) electrons. The maximum atomic E-state index is 13.7. The van der Waals surface area contributed by atoms with Gasteiger partial charge in [0.1, 0.15) is 17.3 Å². The number of benzene rings is 2. The van der Waals surface area contributed by atoms with Crippen LogP contribution in [0.25, 0.3) is 0 Å². The minimum Gasteiger partial charge on any atom is -0.365 e. The molecule has 0 aliphatic carbocycles. The number of anilines is 1. The third-order valence-corrected chi connectivity index (χ3v) is 4.52. The van der Waals surface area contributed by atoms with Crippen LogP contribution >= 0.6 is 0 Å². The summed E-state index contributed by atoms with van der Waals surface area (Å²) in [7, 11) is -2.10. The maximum Gasteiger partial charge on any atom is 0.293 e. The minimum absolute atomic E-state index is 0.0504. The van der Waals surface area contributed by atoms with Crippen LogP contribution in [0.2, 0.25) is 0 Å². The molecular formula is C15H14F2N2O4S. The average molecular weight is 356 g/mol. The van der Waals surface area contributed by atoms with Crippen molar-refractivity contribution >= 4 is 21.2 Å². The van der Waals surface area contributed by atoms with Crippen LogP contribution in [0.4, 0.5) is 20.2 Å². The van der Waals surface area contributed by atoms with Gasteiger partial charge < -0.3 is 4.90 Å². The second kappa shape index (κ2) is 6.52. The van der Waals surface area contributed by atoms with Gasteiger partial charge in [-0.2, -0.15) is 0 Å². The third-order valence-electron chi connectivity index (χ3n) is 3.41. The lowest BCUT2D eigenvalue weighted by Gasteiger charge is -2.20. The van der Waals surface area contributed by atoms with Crippen molar-refractivity contribution in [2.24, 2.45) is 0 Å². The second-order valence-electron chi connectivity index (χ2n) is 5.27. The minimum atomic E-state index is -3.60. The molecule has 0 spiro atoms. The smallest absolute Gasteiger partial charge is 0.293 e. The largest absolute Gasteiger partial charge is 0.365 e. The summed E-state index contributed by atoms with van der Waals surface area (Å²) in [4.78, 5) is 11.7. The van der Waals surface area contributed by atoms with E-state index in [0.717, 1.165) is 24.5 Å². The lowest BCUT2D eigenvalue weighted by atomic mass is 10.1. The van der Waals surface area contributed by atoms with E-state index in [1.165, 1.54) is 30.1 Å². The Kier molecular flexibility index (Phi) is 4.83. The van der Waals surface area contributed by atoms with E-state index in [-0.39, 0.29) is 22.7 Å². The molecule has 0 fully saturated rings. The number of rotatable bonds is 5. The fourth-order valence-corrected chi connectivity index (χ4v) is 2.83. The van der Waals surface area contributed by atoms with Gasteiger partial charge in [0.15, 0.2) is 9.84 Å². The highest BCUT2D eigenvalue weighted by Gasteiger charge is 2.21. The van der Waals surface area contributed by atoms with E-state index in [2.05, 4.69) is 0 Å². The molecular weight excluding hydrogens is 342 g/mol. The zero-order valence-corrected chi connectivity index (χ0v) is 13.7. The van der Waals surface area contributed by atoms with Crippen LogP contribution in [0.15, 0.2) is 41.3 Å². The Bertz CT molecular complexity index is 900. The van der Waals surface area contributed by atoms with Gasteiger partial charge in [0.05, 0.1) is 9.82 Å². The van der Waals surface area contributed by atoms with Crippen LogP contribution in [0.3, 0.4) is 0 Å². The molecule has 0 bridgehead atoms. The number of hydrogen-bond donors (Lipinski definition) is 0. The van der Waals surface area contributed by atoms with Gasteiger partial charge in [-0.1, -0.05) is 6.07 Å². The van der Waals surface area contributed by atoms with E-state index in [1.54, 1.807) is 0 Å². The third kappa shape index (κ3) is 3.85. The van der Waals surface area contributed by atoms with Crippen molar-refractivity contribution in [1.29, 1.82) is 0 Å². The first-order valence-electron chi connectivity index (χ1n) is 6.73. The van der Waals surface area contributed by atoms with Gasteiger partial charge >= 0.3 is 0 Å². The van der Waals surface area contributed by atoms with E-state index >= 15 is 0 Å². The van der Waals surface area contributed by atoms with Crippen LogP contribution in [-0.2, 0) is 16.4 Å². The van der Waals surface area contributed by atoms with Crippen molar-refractivity contribution in [2.45, 2.75) is 11.4 Å². The summed E-state index contributed by atoms with van der Waals surface area (Å²) in [5, 5.41) is 11.2. The summed E-state index contributed by atoms with van der Waals surface area (Å²) in [5.41, 5.74) is -0.139. The quantitative estimate of drug-likeness (QED) is 0.608. The Morgan fingerprint density at radius 2 is 1.83 bits per heavy atom. The maximum absolute atomic E-state index is 13.7. The standard InChI is InChI=1S/C15H14F2N2O4S/c1-18(9-10-3-4-11(16)7-13(10)17)14-6-5-12(24(2,22)23)8-15(14)19(20)21/h3-8H,9H2,1-2H3. The monoisotopic (exact) mass is 356 g/mol. The zero-order valence-electron chi connectivity index (χ0n) is 12.9. The summed E-state index contributed by atoms with van der Waals surface area (Å²) in [6.45, 7) is -0.0504. The van der Waals surface area contributed by atoms with Crippen molar-refractivity contribution in [3.63, 3.8) is 0 Å².